The van der Waals surface area contributed by atoms with E-state index in [0.717, 1.165) is 0 Å². The fourth-order valence-electron chi connectivity index (χ4n) is 2.00. The number of hydrazine groups is 1. The Hall–Kier alpha value is -1.89. The summed E-state index contributed by atoms with van der Waals surface area (Å²) in [6.07, 6.45) is 2.85. The summed E-state index contributed by atoms with van der Waals surface area (Å²) in [4.78, 5) is 36.3. The molecule has 0 fully saturated rings. The van der Waals surface area contributed by atoms with Gasteiger partial charge in [0.2, 0.25) is 0 Å². The highest BCUT2D eigenvalue weighted by atomic mass is 16.5. The number of hydrogen-bond acceptors (Lipinski definition) is 5. The summed E-state index contributed by atoms with van der Waals surface area (Å²) in [5.41, 5.74) is 4.89. The monoisotopic (exact) mass is 341 g/mol. The first-order valence-electron chi connectivity index (χ1n) is 8.25. The number of carbonyl (C=O) groups is 3. The van der Waals surface area contributed by atoms with Crippen LogP contribution in [0, 0.1) is 17.8 Å². The number of rotatable bonds is 9. The molecule has 7 nitrogen and oxygen atoms in total. The van der Waals surface area contributed by atoms with Crippen LogP contribution < -0.4 is 16.2 Å². The van der Waals surface area contributed by atoms with E-state index in [9.17, 15) is 14.4 Å². The van der Waals surface area contributed by atoms with Crippen molar-refractivity contribution in [2.75, 3.05) is 7.05 Å². The molecular weight excluding hydrogens is 310 g/mol. The molecule has 2 unspecified atom stereocenters. The third-order valence-corrected chi connectivity index (χ3v) is 3.76. The zero-order valence-electron chi connectivity index (χ0n) is 15.7. The fraction of sp³-hybridized carbons (Fsp3) is 0.706. The van der Waals surface area contributed by atoms with Gasteiger partial charge in [-0.3, -0.25) is 19.8 Å². The highest BCUT2D eigenvalue weighted by Gasteiger charge is 2.31. The molecule has 0 saturated carbocycles. The minimum absolute atomic E-state index is 0.0127. The van der Waals surface area contributed by atoms with Gasteiger partial charge in [0.15, 0.2) is 6.10 Å². The van der Waals surface area contributed by atoms with E-state index in [1.165, 1.54) is 0 Å². The lowest BCUT2D eigenvalue weighted by Crippen LogP contribution is -2.52. The Labute approximate surface area is 144 Å². The highest BCUT2D eigenvalue weighted by molar-refractivity contribution is 5.90. The Bertz CT molecular complexity index is 463. The summed E-state index contributed by atoms with van der Waals surface area (Å²) < 4.78 is 5.41. The second-order valence-electron chi connectivity index (χ2n) is 6.24. The van der Waals surface area contributed by atoms with Crippen molar-refractivity contribution in [2.24, 2.45) is 17.8 Å². The maximum absolute atomic E-state index is 12.4. The molecule has 0 saturated heterocycles. The lowest BCUT2D eigenvalue weighted by Gasteiger charge is -2.25. The molecule has 138 valence electrons. The summed E-state index contributed by atoms with van der Waals surface area (Å²) >= 11 is 0. The van der Waals surface area contributed by atoms with E-state index in [-0.39, 0.29) is 23.7 Å². The molecule has 0 aliphatic rings. The number of amides is 2. The second-order valence-corrected chi connectivity index (χ2v) is 6.24. The average molecular weight is 341 g/mol. The van der Waals surface area contributed by atoms with Crippen LogP contribution in [-0.4, -0.2) is 37.0 Å². The number of nitrogens with one attached hydrogen (secondary N) is 3. The number of allylic oxidation sites excluding steroid dienone is 2. The van der Waals surface area contributed by atoms with Gasteiger partial charge in [-0.1, -0.05) is 39.8 Å². The van der Waals surface area contributed by atoms with Crippen molar-refractivity contribution in [1.82, 2.24) is 16.2 Å². The minimum Gasteiger partial charge on any atom is -0.452 e. The van der Waals surface area contributed by atoms with Crippen LogP contribution in [0.3, 0.4) is 0 Å². The van der Waals surface area contributed by atoms with Crippen LogP contribution in [-0.2, 0) is 19.1 Å². The van der Waals surface area contributed by atoms with Gasteiger partial charge < -0.3 is 10.1 Å². The topological polar surface area (TPSA) is 96.5 Å². The number of carbonyl (C=O) groups excluding carboxylic acids is 3. The van der Waals surface area contributed by atoms with Gasteiger partial charge in [-0.2, -0.15) is 0 Å². The van der Waals surface area contributed by atoms with Gasteiger partial charge in [-0.25, -0.2) is 5.43 Å². The van der Waals surface area contributed by atoms with Gasteiger partial charge in [0.05, 0.1) is 5.92 Å². The van der Waals surface area contributed by atoms with E-state index >= 15 is 0 Å². The molecule has 2 amide bonds. The van der Waals surface area contributed by atoms with Crippen molar-refractivity contribution in [3.63, 3.8) is 0 Å². The molecule has 0 bridgehead atoms. The Morgan fingerprint density at radius 2 is 1.58 bits per heavy atom. The molecule has 4 atom stereocenters. The summed E-state index contributed by atoms with van der Waals surface area (Å²) in [7, 11) is 1.55. The smallest absolute Gasteiger partial charge is 0.310 e. The normalized spacial score (nSPS) is 16.3. The largest absolute Gasteiger partial charge is 0.452 e. The first-order valence-corrected chi connectivity index (χ1v) is 8.25. The Kier molecular flexibility index (Phi) is 9.95. The van der Waals surface area contributed by atoms with E-state index in [0.29, 0.717) is 0 Å². The maximum Gasteiger partial charge on any atom is 0.310 e. The summed E-state index contributed by atoms with van der Waals surface area (Å²) in [6.45, 7) is 10.7. The van der Waals surface area contributed by atoms with Crippen molar-refractivity contribution in [1.29, 1.82) is 0 Å². The Morgan fingerprint density at radius 1 is 1.00 bits per heavy atom. The molecule has 0 aromatic carbocycles. The van der Waals surface area contributed by atoms with Gasteiger partial charge in [-0.15, -0.1) is 0 Å². The van der Waals surface area contributed by atoms with Gasteiger partial charge >= 0.3 is 5.97 Å². The molecule has 3 N–H and O–H groups in total. The Morgan fingerprint density at radius 3 is 2.04 bits per heavy atom. The second kappa shape index (κ2) is 10.8. The summed E-state index contributed by atoms with van der Waals surface area (Å²) in [6, 6.07) is -0.746. The van der Waals surface area contributed by atoms with E-state index in [1.54, 1.807) is 34.7 Å². The zero-order valence-corrected chi connectivity index (χ0v) is 15.7. The molecule has 24 heavy (non-hydrogen) atoms. The number of ether oxygens (including phenoxy) is 1. The lowest BCUT2D eigenvalue weighted by molar-refractivity contribution is -0.163. The third-order valence-electron chi connectivity index (χ3n) is 3.76. The van der Waals surface area contributed by atoms with Crippen LogP contribution >= 0.6 is 0 Å². The van der Waals surface area contributed by atoms with E-state index in [4.69, 9.17) is 4.74 Å². The molecule has 0 rings (SSSR count). The molecular formula is C17H31N3O4. The molecule has 0 heterocycles. The first-order chi connectivity index (χ1) is 11.1. The van der Waals surface area contributed by atoms with Crippen molar-refractivity contribution < 1.29 is 19.1 Å². The van der Waals surface area contributed by atoms with Crippen LogP contribution in [0.5, 0.6) is 0 Å². The summed E-state index contributed by atoms with van der Waals surface area (Å²) in [5, 5.41) is 2.56. The SMILES string of the molecule is C/C=C/C(C)C(C)C(=O)O[C@H](C(=O)N[C@@H](C)C(=O)NNC)C(C)C. The van der Waals surface area contributed by atoms with Gasteiger partial charge in [0.25, 0.3) is 11.8 Å². The predicted octanol–water partition coefficient (Wildman–Crippen LogP) is 1.16. The molecule has 7 heteroatoms. The summed E-state index contributed by atoms with van der Waals surface area (Å²) in [5.74, 6) is -1.85. The van der Waals surface area contributed by atoms with E-state index in [2.05, 4.69) is 16.2 Å². The average Bonchev–Trinajstić information content (AvgIpc) is 2.51. The molecule has 0 aliphatic carbocycles. The molecule has 0 spiro atoms. The molecule has 0 radical (unpaired) electrons. The fourth-order valence-corrected chi connectivity index (χ4v) is 2.00. The van der Waals surface area contributed by atoms with Gasteiger partial charge in [-0.05, 0) is 25.7 Å². The predicted molar refractivity (Wildman–Crippen MR) is 92.7 cm³/mol. The van der Waals surface area contributed by atoms with E-state index < -0.39 is 24.0 Å². The number of esters is 1. The maximum atomic E-state index is 12.4. The van der Waals surface area contributed by atoms with Gasteiger partial charge in [0, 0.05) is 7.05 Å². The van der Waals surface area contributed by atoms with Crippen LogP contribution in [0.1, 0.15) is 41.5 Å². The Balaban J connectivity index is 4.88. The minimum atomic E-state index is -0.942. The van der Waals surface area contributed by atoms with E-state index in [1.807, 2.05) is 26.0 Å². The number of hydrogen-bond donors (Lipinski definition) is 3. The van der Waals surface area contributed by atoms with Crippen LogP contribution in [0.2, 0.25) is 0 Å². The molecule has 0 aromatic heterocycles. The molecule has 0 aromatic rings. The van der Waals surface area contributed by atoms with Gasteiger partial charge in [0.1, 0.15) is 6.04 Å². The molecule has 0 aliphatic heterocycles. The third kappa shape index (κ3) is 7.12. The quantitative estimate of drug-likeness (QED) is 0.332. The zero-order chi connectivity index (χ0) is 18.9. The van der Waals surface area contributed by atoms with Crippen LogP contribution in [0.4, 0.5) is 0 Å². The van der Waals surface area contributed by atoms with Crippen LogP contribution in [0.15, 0.2) is 12.2 Å². The van der Waals surface area contributed by atoms with Crippen molar-refractivity contribution in [2.45, 2.75) is 53.7 Å². The van der Waals surface area contributed by atoms with Crippen molar-refractivity contribution in [3.8, 4) is 0 Å². The first kappa shape index (κ1) is 22.1. The van der Waals surface area contributed by atoms with Crippen LogP contribution in [0.25, 0.3) is 0 Å². The highest BCUT2D eigenvalue weighted by Crippen LogP contribution is 2.17. The lowest BCUT2D eigenvalue weighted by atomic mass is 9.95. The van der Waals surface area contributed by atoms with Crippen molar-refractivity contribution in [3.05, 3.63) is 12.2 Å². The van der Waals surface area contributed by atoms with Crippen molar-refractivity contribution >= 4 is 17.8 Å². The standard InChI is InChI=1S/C17H31N3O4/c1-8-9-11(4)12(5)17(23)24-14(10(2)3)16(22)19-13(6)15(21)20-18-7/h8-14,18H,1-7H3,(H,19,22)(H,20,21)/b9-8+/t11?,12?,13-,14-/m0/s1.